The zero-order valence-electron chi connectivity index (χ0n) is 7.52. The van der Waals surface area contributed by atoms with Crippen LogP contribution in [0.5, 0.6) is 5.88 Å². The van der Waals surface area contributed by atoms with E-state index in [0.717, 1.165) is 0 Å². The first-order valence-electron chi connectivity index (χ1n) is 4.15. The van der Waals surface area contributed by atoms with Crippen LogP contribution < -0.4 is 5.56 Å². The molecule has 2 rings (SSSR count). The molecule has 1 aliphatic heterocycles. The summed E-state index contributed by atoms with van der Waals surface area (Å²) in [6.07, 6.45) is 6.53. The lowest BCUT2D eigenvalue weighted by atomic mass is 10.2. The summed E-state index contributed by atoms with van der Waals surface area (Å²) in [5, 5.41) is 9.47. The van der Waals surface area contributed by atoms with E-state index in [0.29, 0.717) is 5.70 Å². The maximum absolute atomic E-state index is 11.4. The molecule has 76 valence electrons. The third-order valence-corrected chi connectivity index (χ3v) is 2.03. The van der Waals surface area contributed by atoms with Crippen molar-refractivity contribution in [2.24, 2.45) is 4.99 Å². The van der Waals surface area contributed by atoms with Gasteiger partial charge in [0, 0.05) is 6.21 Å². The van der Waals surface area contributed by atoms with Crippen LogP contribution in [0.1, 0.15) is 5.56 Å². The van der Waals surface area contributed by atoms with Crippen molar-refractivity contribution in [2.75, 3.05) is 0 Å². The number of aromatic hydroxyl groups is 1. The van der Waals surface area contributed by atoms with Crippen molar-refractivity contribution in [3.8, 4) is 5.88 Å². The lowest BCUT2D eigenvalue weighted by molar-refractivity contribution is 0.448. The lowest BCUT2D eigenvalue weighted by Crippen LogP contribution is -2.10. The SMILES string of the molecule is O=c1[nH]c(=S)[nH]c(O)c1C=C1C=CC=N1. The molecular formula is C9H7N3O2S. The van der Waals surface area contributed by atoms with E-state index in [1.165, 1.54) is 6.08 Å². The highest BCUT2D eigenvalue weighted by Gasteiger charge is 2.05. The number of aliphatic imine (C=N–C) groups is 1. The number of aromatic amines is 2. The second kappa shape index (κ2) is 3.66. The molecule has 2 heterocycles. The molecule has 0 radical (unpaired) electrons. The van der Waals surface area contributed by atoms with Crippen molar-refractivity contribution in [1.29, 1.82) is 0 Å². The third kappa shape index (κ3) is 1.94. The van der Waals surface area contributed by atoms with Crippen LogP contribution in [-0.4, -0.2) is 21.3 Å². The molecule has 0 bridgehead atoms. The number of H-pyrrole nitrogens is 2. The van der Waals surface area contributed by atoms with Gasteiger partial charge in [-0.3, -0.25) is 14.8 Å². The Morgan fingerprint density at radius 3 is 2.87 bits per heavy atom. The highest BCUT2D eigenvalue weighted by molar-refractivity contribution is 7.71. The number of allylic oxidation sites excluding steroid dienone is 2. The van der Waals surface area contributed by atoms with E-state index >= 15 is 0 Å². The largest absolute Gasteiger partial charge is 0.494 e. The summed E-state index contributed by atoms with van der Waals surface area (Å²) in [4.78, 5) is 20.2. The van der Waals surface area contributed by atoms with Gasteiger partial charge in [0.05, 0.1) is 5.70 Å². The summed E-state index contributed by atoms with van der Waals surface area (Å²) < 4.78 is 0.0881. The molecule has 1 aliphatic rings. The second-order valence-electron chi connectivity index (χ2n) is 2.88. The van der Waals surface area contributed by atoms with Gasteiger partial charge in [0.2, 0.25) is 5.88 Å². The van der Waals surface area contributed by atoms with Crippen LogP contribution in [0.3, 0.4) is 0 Å². The van der Waals surface area contributed by atoms with E-state index in [9.17, 15) is 9.90 Å². The van der Waals surface area contributed by atoms with Crippen molar-refractivity contribution in [3.63, 3.8) is 0 Å². The minimum Gasteiger partial charge on any atom is -0.494 e. The van der Waals surface area contributed by atoms with Gasteiger partial charge in [0.1, 0.15) is 5.56 Å². The fourth-order valence-corrected chi connectivity index (χ4v) is 1.35. The monoisotopic (exact) mass is 221 g/mol. The van der Waals surface area contributed by atoms with E-state index in [2.05, 4.69) is 15.0 Å². The van der Waals surface area contributed by atoms with Gasteiger partial charge in [-0.1, -0.05) is 0 Å². The maximum atomic E-state index is 11.4. The Bertz CT molecular complexity index is 578. The van der Waals surface area contributed by atoms with Crippen molar-refractivity contribution in [1.82, 2.24) is 9.97 Å². The van der Waals surface area contributed by atoms with Gasteiger partial charge in [-0.2, -0.15) is 0 Å². The van der Waals surface area contributed by atoms with Crippen LogP contribution in [-0.2, 0) is 0 Å². The van der Waals surface area contributed by atoms with Crippen molar-refractivity contribution in [3.05, 3.63) is 38.5 Å². The van der Waals surface area contributed by atoms with Gasteiger partial charge in [-0.25, -0.2) is 0 Å². The molecule has 0 amide bonds. The quantitative estimate of drug-likeness (QED) is 0.621. The zero-order valence-corrected chi connectivity index (χ0v) is 8.34. The molecule has 0 saturated carbocycles. The summed E-state index contributed by atoms with van der Waals surface area (Å²) in [6.45, 7) is 0. The van der Waals surface area contributed by atoms with Gasteiger partial charge in [0.25, 0.3) is 5.56 Å². The summed E-state index contributed by atoms with van der Waals surface area (Å²) in [5.41, 5.74) is 0.267. The highest BCUT2D eigenvalue weighted by atomic mass is 32.1. The van der Waals surface area contributed by atoms with Crippen LogP contribution in [0, 0.1) is 4.77 Å². The number of aromatic nitrogens is 2. The Hall–Kier alpha value is -1.95. The van der Waals surface area contributed by atoms with Crippen LogP contribution >= 0.6 is 12.2 Å². The van der Waals surface area contributed by atoms with Crippen molar-refractivity contribution < 1.29 is 5.11 Å². The number of nitrogens with one attached hydrogen (secondary N) is 2. The minimum atomic E-state index is -0.445. The first-order valence-corrected chi connectivity index (χ1v) is 4.55. The van der Waals surface area contributed by atoms with E-state index in [4.69, 9.17) is 12.2 Å². The molecule has 3 N–H and O–H groups in total. The van der Waals surface area contributed by atoms with E-state index in [1.807, 2.05) is 0 Å². The maximum Gasteiger partial charge on any atom is 0.262 e. The van der Waals surface area contributed by atoms with Crippen LogP contribution in [0.15, 0.2) is 27.6 Å². The van der Waals surface area contributed by atoms with Gasteiger partial charge in [-0.05, 0) is 30.4 Å². The number of hydrogen-bond donors (Lipinski definition) is 3. The minimum absolute atomic E-state index is 0.0881. The smallest absolute Gasteiger partial charge is 0.262 e. The standard InChI is InChI=1S/C9H7N3O2S/c13-7-6(4-5-2-1-3-10-5)8(14)12-9(15)11-7/h1-4H,(H3,11,12,13,14,15). The molecule has 1 aromatic rings. The molecule has 0 unspecified atom stereocenters. The third-order valence-electron chi connectivity index (χ3n) is 1.83. The molecular weight excluding hydrogens is 214 g/mol. The number of rotatable bonds is 1. The lowest BCUT2D eigenvalue weighted by Gasteiger charge is -1.97. The Labute approximate surface area is 89.5 Å². The molecule has 6 heteroatoms. The van der Waals surface area contributed by atoms with E-state index in [-0.39, 0.29) is 16.2 Å². The van der Waals surface area contributed by atoms with Crippen LogP contribution in [0.4, 0.5) is 0 Å². The van der Waals surface area contributed by atoms with Crippen LogP contribution in [0.25, 0.3) is 6.08 Å². The molecule has 15 heavy (non-hydrogen) atoms. The van der Waals surface area contributed by atoms with Gasteiger partial charge in [0.15, 0.2) is 4.77 Å². The van der Waals surface area contributed by atoms with Gasteiger partial charge >= 0.3 is 0 Å². The second-order valence-corrected chi connectivity index (χ2v) is 3.29. The molecule has 0 saturated heterocycles. The molecule has 0 aliphatic carbocycles. The van der Waals surface area contributed by atoms with E-state index < -0.39 is 5.56 Å². The molecule has 1 aromatic heterocycles. The topological polar surface area (TPSA) is 81.2 Å². The van der Waals surface area contributed by atoms with Gasteiger partial charge < -0.3 is 10.1 Å². The van der Waals surface area contributed by atoms with Crippen molar-refractivity contribution in [2.45, 2.75) is 0 Å². The summed E-state index contributed by atoms with van der Waals surface area (Å²) >= 11 is 4.69. The summed E-state index contributed by atoms with van der Waals surface area (Å²) in [6, 6.07) is 0. The Morgan fingerprint density at radius 2 is 2.27 bits per heavy atom. The first kappa shape index (κ1) is 9.60. The van der Waals surface area contributed by atoms with E-state index in [1.54, 1.807) is 18.4 Å². The molecule has 0 spiro atoms. The molecule has 0 aromatic carbocycles. The summed E-state index contributed by atoms with van der Waals surface area (Å²) in [5.74, 6) is -0.258. The fourth-order valence-electron chi connectivity index (χ4n) is 1.17. The molecule has 0 fully saturated rings. The Balaban J connectivity index is 2.59. The zero-order chi connectivity index (χ0) is 10.8. The first-order chi connectivity index (χ1) is 7.16. The number of nitrogens with zero attached hydrogens (tertiary/aromatic N) is 1. The average molecular weight is 221 g/mol. The van der Waals surface area contributed by atoms with Crippen molar-refractivity contribution >= 4 is 24.5 Å². The van der Waals surface area contributed by atoms with Crippen LogP contribution in [0.2, 0.25) is 0 Å². The molecule has 0 atom stereocenters. The average Bonchev–Trinajstić information content (AvgIpc) is 2.63. The summed E-state index contributed by atoms with van der Waals surface area (Å²) in [7, 11) is 0. The van der Waals surface area contributed by atoms with Gasteiger partial charge in [-0.15, -0.1) is 0 Å². The fraction of sp³-hybridized carbons (Fsp3) is 0. The predicted molar refractivity (Wildman–Crippen MR) is 59.5 cm³/mol. The Morgan fingerprint density at radius 1 is 1.47 bits per heavy atom. The molecule has 5 nitrogen and oxygen atoms in total. The number of hydrogen-bond acceptors (Lipinski definition) is 4. The normalized spacial score (nSPS) is 16.4. The predicted octanol–water partition coefficient (Wildman–Crippen LogP) is 1.12. The highest BCUT2D eigenvalue weighted by Crippen LogP contribution is 2.14. The Kier molecular flexibility index (Phi) is 2.34.